The second kappa shape index (κ2) is 3.01. The van der Waals surface area contributed by atoms with Gasteiger partial charge in [0.15, 0.2) is 0 Å². The van der Waals surface area contributed by atoms with Crippen molar-refractivity contribution in [1.29, 1.82) is 0 Å². The SMILES string of the molecule is CN(C)C1CCCN1C=O. The van der Waals surface area contributed by atoms with Crippen LogP contribution in [-0.2, 0) is 4.79 Å². The highest BCUT2D eigenvalue weighted by atomic mass is 16.1. The molecular weight excluding hydrogens is 128 g/mol. The molecule has 1 atom stereocenters. The maximum Gasteiger partial charge on any atom is 0.210 e. The molecular formula is C7H14N2O. The van der Waals surface area contributed by atoms with Crippen LogP contribution in [0.25, 0.3) is 0 Å². The highest BCUT2D eigenvalue weighted by molar-refractivity contribution is 5.48. The standard InChI is InChI=1S/C7H14N2O/c1-8(2)7-4-3-5-9(7)6-10/h6-7H,3-5H2,1-2H3. The Labute approximate surface area is 61.6 Å². The van der Waals surface area contributed by atoms with Crippen LogP contribution >= 0.6 is 0 Å². The summed E-state index contributed by atoms with van der Waals surface area (Å²) in [5, 5.41) is 0. The van der Waals surface area contributed by atoms with Crippen LogP contribution in [0.1, 0.15) is 12.8 Å². The first kappa shape index (κ1) is 7.54. The Morgan fingerprint density at radius 1 is 1.60 bits per heavy atom. The number of hydrogen-bond acceptors (Lipinski definition) is 2. The van der Waals surface area contributed by atoms with Crippen LogP contribution in [0, 0.1) is 0 Å². The average molecular weight is 142 g/mol. The number of carbonyl (C=O) groups is 1. The number of amides is 1. The van der Waals surface area contributed by atoms with Crippen LogP contribution in [-0.4, -0.2) is 43.0 Å². The van der Waals surface area contributed by atoms with E-state index >= 15 is 0 Å². The van der Waals surface area contributed by atoms with E-state index in [0.29, 0.717) is 6.17 Å². The normalized spacial score (nSPS) is 25.9. The smallest absolute Gasteiger partial charge is 0.210 e. The van der Waals surface area contributed by atoms with Crippen molar-refractivity contribution in [3.63, 3.8) is 0 Å². The monoisotopic (exact) mass is 142 g/mol. The van der Waals surface area contributed by atoms with Gasteiger partial charge >= 0.3 is 0 Å². The zero-order valence-corrected chi connectivity index (χ0v) is 6.58. The molecule has 0 spiro atoms. The summed E-state index contributed by atoms with van der Waals surface area (Å²) in [7, 11) is 4.01. The van der Waals surface area contributed by atoms with Crippen molar-refractivity contribution in [2.24, 2.45) is 0 Å². The molecule has 1 aliphatic rings. The molecule has 10 heavy (non-hydrogen) atoms. The number of likely N-dealkylation sites (tertiary alicyclic amines) is 1. The zero-order chi connectivity index (χ0) is 7.56. The Kier molecular flexibility index (Phi) is 2.27. The van der Waals surface area contributed by atoms with Crippen molar-refractivity contribution in [1.82, 2.24) is 9.80 Å². The summed E-state index contributed by atoms with van der Waals surface area (Å²) < 4.78 is 0. The second-order valence-corrected chi connectivity index (χ2v) is 2.93. The van der Waals surface area contributed by atoms with Gasteiger partial charge in [0.25, 0.3) is 0 Å². The fraction of sp³-hybridized carbons (Fsp3) is 0.857. The van der Waals surface area contributed by atoms with E-state index in [1.807, 2.05) is 19.0 Å². The molecule has 0 bridgehead atoms. The Bertz CT molecular complexity index is 125. The van der Waals surface area contributed by atoms with Crippen LogP contribution in [0.15, 0.2) is 0 Å². The van der Waals surface area contributed by atoms with Gasteiger partial charge in [-0.05, 0) is 26.9 Å². The van der Waals surface area contributed by atoms with Crippen LogP contribution < -0.4 is 0 Å². The number of carbonyl (C=O) groups excluding carboxylic acids is 1. The Hall–Kier alpha value is -0.570. The third kappa shape index (κ3) is 1.29. The van der Waals surface area contributed by atoms with Gasteiger partial charge in [-0.2, -0.15) is 0 Å². The van der Waals surface area contributed by atoms with E-state index in [1.165, 1.54) is 0 Å². The van der Waals surface area contributed by atoms with E-state index in [-0.39, 0.29) is 0 Å². The van der Waals surface area contributed by atoms with Crippen LogP contribution in [0.5, 0.6) is 0 Å². The lowest BCUT2D eigenvalue weighted by atomic mass is 10.3. The molecule has 1 saturated heterocycles. The average Bonchev–Trinajstić information content (AvgIpc) is 2.33. The van der Waals surface area contributed by atoms with Crippen LogP contribution in [0.3, 0.4) is 0 Å². The molecule has 1 heterocycles. The molecule has 0 N–H and O–H groups in total. The third-order valence-corrected chi connectivity index (χ3v) is 1.99. The van der Waals surface area contributed by atoms with Gasteiger partial charge in [0, 0.05) is 6.54 Å². The van der Waals surface area contributed by atoms with E-state index in [0.717, 1.165) is 25.8 Å². The first-order chi connectivity index (χ1) is 4.75. The summed E-state index contributed by atoms with van der Waals surface area (Å²) in [6.45, 7) is 0.923. The summed E-state index contributed by atoms with van der Waals surface area (Å²) >= 11 is 0. The van der Waals surface area contributed by atoms with E-state index in [1.54, 1.807) is 0 Å². The van der Waals surface area contributed by atoms with E-state index < -0.39 is 0 Å². The molecule has 0 aromatic heterocycles. The van der Waals surface area contributed by atoms with E-state index in [2.05, 4.69) is 4.90 Å². The van der Waals surface area contributed by atoms with Gasteiger partial charge in [0.05, 0.1) is 6.17 Å². The molecule has 1 rings (SSSR count). The molecule has 0 aromatic rings. The number of nitrogens with zero attached hydrogens (tertiary/aromatic N) is 2. The molecule has 3 nitrogen and oxygen atoms in total. The maximum atomic E-state index is 10.4. The summed E-state index contributed by atoms with van der Waals surface area (Å²) in [6.07, 6.45) is 3.54. The lowest BCUT2D eigenvalue weighted by molar-refractivity contribution is -0.121. The highest BCUT2D eigenvalue weighted by Crippen LogP contribution is 2.15. The van der Waals surface area contributed by atoms with Crippen LogP contribution in [0.4, 0.5) is 0 Å². The van der Waals surface area contributed by atoms with Gasteiger partial charge < -0.3 is 4.90 Å². The predicted molar refractivity (Wildman–Crippen MR) is 39.5 cm³/mol. The lowest BCUT2D eigenvalue weighted by Crippen LogP contribution is -2.39. The molecule has 1 fully saturated rings. The van der Waals surface area contributed by atoms with Gasteiger partial charge in [0.2, 0.25) is 6.41 Å². The molecule has 0 radical (unpaired) electrons. The van der Waals surface area contributed by atoms with Crippen molar-refractivity contribution in [3.8, 4) is 0 Å². The summed E-state index contributed by atoms with van der Waals surface area (Å²) in [4.78, 5) is 14.4. The Morgan fingerprint density at radius 3 is 2.70 bits per heavy atom. The Morgan fingerprint density at radius 2 is 2.30 bits per heavy atom. The molecule has 1 aliphatic heterocycles. The minimum absolute atomic E-state index is 0.345. The predicted octanol–water partition coefficient (Wildman–Crippen LogP) is 0.126. The Balaban J connectivity index is 2.49. The van der Waals surface area contributed by atoms with Gasteiger partial charge in [-0.25, -0.2) is 0 Å². The summed E-state index contributed by atoms with van der Waals surface area (Å²) in [5.41, 5.74) is 0. The van der Waals surface area contributed by atoms with Gasteiger partial charge in [-0.3, -0.25) is 9.69 Å². The van der Waals surface area contributed by atoms with Crippen LogP contribution in [0.2, 0.25) is 0 Å². The zero-order valence-electron chi connectivity index (χ0n) is 6.58. The van der Waals surface area contributed by atoms with Crippen molar-refractivity contribution >= 4 is 6.41 Å². The largest absolute Gasteiger partial charge is 0.330 e. The molecule has 3 heteroatoms. The van der Waals surface area contributed by atoms with E-state index in [9.17, 15) is 4.79 Å². The van der Waals surface area contributed by atoms with Gasteiger partial charge in [0.1, 0.15) is 0 Å². The van der Waals surface area contributed by atoms with Crippen molar-refractivity contribution < 1.29 is 4.79 Å². The molecule has 1 unspecified atom stereocenters. The molecule has 58 valence electrons. The van der Waals surface area contributed by atoms with Gasteiger partial charge in [-0.15, -0.1) is 0 Å². The van der Waals surface area contributed by atoms with Crippen molar-refractivity contribution in [2.45, 2.75) is 19.0 Å². The van der Waals surface area contributed by atoms with E-state index in [4.69, 9.17) is 0 Å². The fourth-order valence-electron chi connectivity index (χ4n) is 1.45. The summed E-state index contributed by atoms with van der Waals surface area (Å²) in [6, 6.07) is 0. The maximum absolute atomic E-state index is 10.4. The quantitative estimate of drug-likeness (QED) is 0.511. The topological polar surface area (TPSA) is 23.6 Å². The highest BCUT2D eigenvalue weighted by Gasteiger charge is 2.23. The number of hydrogen-bond donors (Lipinski definition) is 0. The molecule has 0 saturated carbocycles. The fourth-order valence-corrected chi connectivity index (χ4v) is 1.45. The minimum atomic E-state index is 0.345. The van der Waals surface area contributed by atoms with Gasteiger partial charge in [-0.1, -0.05) is 0 Å². The van der Waals surface area contributed by atoms with Crippen molar-refractivity contribution in [2.75, 3.05) is 20.6 Å². The number of rotatable bonds is 2. The third-order valence-electron chi connectivity index (χ3n) is 1.99. The first-order valence-corrected chi connectivity index (χ1v) is 3.63. The molecule has 0 aliphatic carbocycles. The lowest BCUT2D eigenvalue weighted by Gasteiger charge is -2.26. The first-order valence-electron chi connectivity index (χ1n) is 3.63. The second-order valence-electron chi connectivity index (χ2n) is 2.93. The molecule has 1 amide bonds. The van der Waals surface area contributed by atoms with Crippen molar-refractivity contribution in [3.05, 3.63) is 0 Å². The molecule has 0 aromatic carbocycles. The summed E-state index contributed by atoms with van der Waals surface area (Å²) in [5.74, 6) is 0. The minimum Gasteiger partial charge on any atom is -0.330 e.